The van der Waals surface area contributed by atoms with Crippen molar-refractivity contribution in [2.24, 2.45) is 0 Å². The minimum absolute atomic E-state index is 0.243. The molecule has 0 saturated carbocycles. The summed E-state index contributed by atoms with van der Waals surface area (Å²) < 4.78 is 52.3. The molecule has 3 rings (SSSR count). The van der Waals surface area contributed by atoms with Crippen molar-refractivity contribution < 1.29 is 37.0 Å². The topological polar surface area (TPSA) is 65.1 Å². The molecule has 0 unspecified atom stereocenters. The molecule has 0 saturated heterocycles. The summed E-state index contributed by atoms with van der Waals surface area (Å²) in [5, 5.41) is 0. The van der Waals surface area contributed by atoms with Crippen LogP contribution in [0, 0.1) is 0 Å². The molecule has 3 aromatic rings. The smallest absolute Gasteiger partial charge is 0.491 e. The maximum absolute atomic E-state index is 13.1. The fourth-order valence-corrected chi connectivity index (χ4v) is 3.98. The van der Waals surface area contributed by atoms with Crippen LogP contribution in [0.3, 0.4) is 0 Å². The first-order valence-corrected chi connectivity index (χ1v) is 12.8. The molecular formula is C30H32F3NO5. The van der Waals surface area contributed by atoms with Gasteiger partial charge >= 0.3 is 18.2 Å². The average molecular weight is 544 g/mol. The quantitative estimate of drug-likeness (QED) is 0.140. The van der Waals surface area contributed by atoms with Crippen LogP contribution in [0.25, 0.3) is 11.1 Å². The predicted octanol–water partition coefficient (Wildman–Crippen LogP) is 6.96. The highest BCUT2D eigenvalue weighted by molar-refractivity contribution is 6.38. The Morgan fingerprint density at radius 3 is 2.21 bits per heavy atom. The molecule has 3 aromatic carbocycles. The van der Waals surface area contributed by atoms with Gasteiger partial charge in [0, 0.05) is 6.54 Å². The van der Waals surface area contributed by atoms with Crippen LogP contribution in [0.4, 0.5) is 18.9 Å². The van der Waals surface area contributed by atoms with E-state index in [1.54, 1.807) is 18.2 Å². The lowest BCUT2D eigenvalue weighted by atomic mass is 10.0. The van der Waals surface area contributed by atoms with Crippen molar-refractivity contribution in [3.05, 3.63) is 78.4 Å². The number of amides is 1. The number of halogens is 3. The van der Waals surface area contributed by atoms with Gasteiger partial charge in [-0.15, -0.1) is 13.2 Å². The number of ether oxygens (including phenoxy) is 3. The molecular weight excluding hydrogens is 511 g/mol. The fourth-order valence-electron chi connectivity index (χ4n) is 3.98. The number of alkyl halides is 3. The third-order valence-corrected chi connectivity index (χ3v) is 5.97. The van der Waals surface area contributed by atoms with Gasteiger partial charge in [0.15, 0.2) is 0 Å². The molecule has 0 N–H and O–H groups in total. The first-order chi connectivity index (χ1) is 18.7. The maximum Gasteiger partial charge on any atom is 0.573 e. The monoisotopic (exact) mass is 543 g/mol. The lowest BCUT2D eigenvalue weighted by Gasteiger charge is -2.25. The van der Waals surface area contributed by atoms with Crippen LogP contribution in [-0.4, -0.2) is 38.5 Å². The van der Waals surface area contributed by atoms with Gasteiger partial charge in [0.2, 0.25) is 0 Å². The van der Waals surface area contributed by atoms with Gasteiger partial charge in [-0.2, -0.15) is 0 Å². The fraction of sp³-hybridized carbons (Fsp3) is 0.333. The minimum Gasteiger partial charge on any atom is -0.491 e. The molecule has 0 bridgehead atoms. The van der Waals surface area contributed by atoms with E-state index in [1.807, 2.05) is 37.3 Å². The summed E-state index contributed by atoms with van der Waals surface area (Å²) in [5.74, 6) is -1.75. The molecule has 6 nitrogen and oxygen atoms in total. The highest BCUT2D eigenvalue weighted by atomic mass is 19.4. The third kappa shape index (κ3) is 9.05. The van der Waals surface area contributed by atoms with Gasteiger partial charge in [-0.1, -0.05) is 61.9 Å². The van der Waals surface area contributed by atoms with Crippen LogP contribution in [0.2, 0.25) is 0 Å². The van der Waals surface area contributed by atoms with Crippen LogP contribution >= 0.6 is 0 Å². The highest BCUT2D eigenvalue weighted by Gasteiger charge is 2.31. The molecule has 208 valence electrons. The summed E-state index contributed by atoms with van der Waals surface area (Å²) >= 11 is 0. The first kappa shape index (κ1) is 29.5. The number of nitrogens with zero attached hydrogens (tertiary/aromatic N) is 1. The van der Waals surface area contributed by atoms with E-state index in [1.165, 1.54) is 34.7 Å². The van der Waals surface area contributed by atoms with Crippen LogP contribution in [0.1, 0.15) is 38.2 Å². The molecule has 0 aliphatic carbocycles. The lowest BCUT2D eigenvalue weighted by Crippen LogP contribution is -2.38. The Hall–Kier alpha value is -4.01. The normalized spacial score (nSPS) is 11.1. The number of hydrogen-bond acceptors (Lipinski definition) is 5. The maximum atomic E-state index is 13.1. The van der Waals surface area contributed by atoms with Gasteiger partial charge in [0.05, 0.1) is 19.4 Å². The number of hydrogen-bond donors (Lipinski definition) is 0. The number of methoxy groups -OCH3 is 1. The Morgan fingerprint density at radius 2 is 1.56 bits per heavy atom. The van der Waals surface area contributed by atoms with E-state index >= 15 is 0 Å². The molecule has 39 heavy (non-hydrogen) atoms. The molecule has 0 aromatic heterocycles. The second kappa shape index (κ2) is 14.2. The first-order valence-electron chi connectivity index (χ1n) is 12.8. The molecule has 0 heterocycles. The van der Waals surface area contributed by atoms with Gasteiger partial charge in [-0.25, -0.2) is 4.79 Å². The number of esters is 1. The molecule has 0 aliphatic heterocycles. The Balaban J connectivity index is 1.91. The summed E-state index contributed by atoms with van der Waals surface area (Å²) in [6.07, 6.45) is -0.885. The van der Waals surface area contributed by atoms with Crippen molar-refractivity contribution in [3.63, 3.8) is 0 Å². The number of rotatable bonds is 12. The average Bonchev–Trinajstić information content (AvgIpc) is 2.93. The molecule has 9 heteroatoms. The van der Waals surface area contributed by atoms with Crippen LogP contribution < -0.4 is 14.4 Å². The van der Waals surface area contributed by atoms with Gasteiger partial charge in [0.1, 0.15) is 11.5 Å². The number of unbranched alkanes of at least 4 members (excludes halogenated alkanes) is 2. The summed E-state index contributed by atoms with van der Waals surface area (Å²) in [4.78, 5) is 26.8. The second-order valence-corrected chi connectivity index (χ2v) is 8.85. The van der Waals surface area contributed by atoms with E-state index in [2.05, 4.69) is 4.74 Å². The van der Waals surface area contributed by atoms with Crippen LogP contribution in [-0.2, 0) is 20.7 Å². The van der Waals surface area contributed by atoms with Crippen molar-refractivity contribution in [3.8, 4) is 22.6 Å². The van der Waals surface area contributed by atoms with E-state index < -0.39 is 18.2 Å². The Labute approximate surface area is 226 Å². The van der Waals surface area contributed by atoms with Gasteiger partial charge in [0.25, 0.3) is 0 Å². The second-order valence-electron chi connectivity index (χ2n) is 8.85. The van der Waals surface area contributed by atoms with Crippen molar-refractivity contribution in [1.82, 2.24) is 0 Å². The number of carbonyl (C=O) groups is 2. The Bertz CT molecular complexity index is 1210. The molecule has 0 spiro atoms. The van der Waals surface area contributed by atoms with E-state index in [9.17, 15) is 22.8 Å². The SMILES string of the molecule is CCCCOc1ccc(-c2ccc(OC(F)(F)F)cc2)cc1N(CCCCc1ccccc1)C(=O)C(=O)OC. The van der Waals surface area contributed by atoms with Crippen molar-refractivity contribution in [2.45, 2.75) is 45.4 Å². The molecule has 0 fully saturated rings. The van der Waals surface area contributed by atoms with Gasteiger partial charge in [-0.05, 0) is 66.6 Å². The van der Waals surface area contributed by atoms with Crippen molar-refractivity contribution in [2.75, 3.05) is 25.2 Å². The molecule has 0 aliphatic rings. The number of carbonyl (C=O) groups excluding carboxylic acids is 2. The van der Waals surface area contributed by atoms with E-state index in [0.717, 1.165) is 32.8 Å². The molecule has 0 radical (unpaired) electrons. The standard InChI is InChI=1S/C30H32F3NO5/c1-3-4-20-38-27-18-15-24(23-13-16-25(17-14-23)39-30(31,32)33)21-26(27)34(28(35)29(36)37-2)19-9-8-12-22-10-6-5-7-11-22/h5-7,10-11,13-18,21H,3-4,8-9,12,19-20H2,1-2H3. The summed E-state index contributed by atoms with van der Waals surface area (Å²) in [6, 6.07) is 20.5. The van der Waals surface area contributed by atoms with E-state index in [0.29, 0.717) is 35.6 Å². The predicted molar refractivity (Wildman–Crippen MR) is 143 cm³/mol. The van der Waals surface area contributed by atoms with Crippen LogP contribution in [0.15, 0.2) is 72.8 Å². The minimum atomic E-state index is -4.79. The molecule has 1 amide bonds. The number of anilines is 1. The van der Waals surface area contributed by atoms with E-state index in [-0.39, 0.29) is 12.3 Å². The van der Waals surface area contributed by atoms with Crippen molar-refractivity contribution in [1.29, 1.82) is 0 Å². The summed E-state index contributed by atoms with van der Waals surface area (Å²) in [6.45, 7) is 2.69. The zero-order chi connectivity index (χ0) is 28.3. The lowest BCUT2D eigenvalue weighted by molar-refractivity contribution is -0.274. The Morgan fingerprint density at radius 1 is 0.872 bits per heavy atom. The largest absolute Gasteiger partial charge is 0.573 e. The summed E-state index contributed by atoms with van der Waals surface area (Å²) in [5.41, 5.74) is 2.78. The number of benzene rings is 3. The Kier molecular flexibility index (Phi) is 10.8. The third-order valence-electron chi connectivity index (χ3n) is 5.97. The van der Waals surface area contributed by atoms with Gasteiger partial charge in [-0.3, -0.25) is 9.69 Å². The zero-order valence-corrected chi connectivity index (χ0v) is 22.0. The van der Waals surface area contributed by atoms with Crippen molar-refractivity contribution >= 4 is 17.6 Å². The number of aryl methyl sites for hydroxylation is 1. The molecule has 0 atom stereocenters. The summed E-state index contributed by atoms with van der Waals surface area (Å²) in [7, 11) is 1.15. The zero-order valence-electron chi connectivity index (χ0n) is 22.0. The van der Waals surface area contributed by atoms with E-state index in [4.69, 9.17) is 9.47 Å². The van der Waals surface area contributed by atoms with Crippen LogP contribution in [0.5, 0.6) is 11.5 Å². The highest BCUT2D eigenvalue weighted by Crippen LogP contribution is 2.35. The van der Waals surface area contributed by atoms with Gasteiger partial charge < -0.3 is 14.2 Å².